The molecule has 2 N–H and O–H groups in total. The lowest BCUT2D eigenvalue weighted by Gasteiger charge is -2.31. The average Bonchev–Trinajstić information content (AvgIpc) is 2.54. The monoisotopic (exact) mass is 279 g/mol. The molecule has 0 saturated carbocycles. The number of pyridine rings is 1. The van der Waals surface area contributed by atoms with Crippen LogP contribution in [0.1, 0.15) is 35.2 Å². The lowest BCUT2D eigenvalue weighted by Crippen LogP contribution is -2.31. The number of hydrogen-bond donors (Lipinski definition) is 1. The van der Waals surface area contributed by atoms with Gasteiger partial charge in [-0.05, 0) is 48.8 Å². The smallest absolute Gasteiger partial charge is 0.131 e. The summed E-state index contributed by atoms with van der Waals surface area (Å²) < 4.78 is 0. The Balaban J connectivity index is 1.67. The highest BCUT2D eigenvalue weighted by molar-refractivity contribution is 5.59. The molecule has 2 aliphatic rings. The highest BCUT2D eigenvalue weighted by Gasteiger charge is 2.20. The molecule has 3 nitrogen and oxygen atoms in total. The fourth-order valence-electron chi connectivity index (χ4n) is 3.57. The Hall–Kier alpha value is -2.03. The van der Waals surface area contributed by atoms with Crippen LogP contribution in [0.4, 0.5) is 11.5 Å². The predicted octanol–water partition coefficient (Wildman–Crippen LogP) is 3.11. The zero-order valence-corrected chi connectivity index (χ0v) is 12.3. The van der Waals surface area contributed by atoms with E-state index in [0.29, 0.717) is 0 Å². The molecule has 4 rings (SSSR count). The second-order valence-electron chi connectivity index (χ2n) is 6.14. The lowest BCUT2D eigenvalue weighted by atomic mass is 9.94. The van der Waals surface area contributed by atoms with Gasteiger partial charge >= 0.3 is 0 Å². The maximum Gasteiger partial charge on any atom is 0.131 e. The van der Waals surface area contributed by atoms with Crippen LogP contribution in [0, 0.1) is 0 Å². The maximum absolute atomic E-state index is 6.28. The number of nitrogens with two attached hydrogens (primary N) is 1. The SMILES string of the molecule is Nc1cc(N2CCc3ccccc3C2)nc2c1CCCC2. The zero-order valence-electron chi connectivity index (χ0n) is 12.3. The van der Waals surface area contributed by atoms with Crippen molar-refractivity contribution in [1.29, 1.82) is 0 Å². The molecule has 2 heterocycles. The molecule has 1 aliphatic carbocycles. The highest BCUT2D eigenvalue weighted by atomic mass is 15.2. The number of benzene rings is 1. The summed E-state index contributed by atoms with van der Waals surface area (Å²) in [6.07, 6.45) is 5.75. The summed E-state index contributed by atoms with van der Waals surface area (Å²) in [6, 6.07) is 10.8. The molecule has 1 aromatic carbocycles. The summed E-state index contributed by atoms with van der Waals surface area (Å²) in [4.78, 5) is 7.29. The van der Waals surface area contributed by atoms with Crippen molar-refractivity contribution in [2.75, 3.05) is 17.2 Å². The molecule has 0 amide bonds. The second kappa shape index (κ2) is 5.06. The van der Waals surface area contributed by atoms with Gasteiger partial charge in [0.2, 0.25) is 0 Å². The van der Waals surface area contributed by atoms with E-state index in [2.05, 4.69) is 35.2 Å². The molecule has 0 spiro atoms. The van der Waals surface area contributed by atoms with E-state index >= 15 is 0 Å². The van der Waals surface area contributed by atoms with Crippen LogP contribution in [-0.4, -0.2) is 11.5 Å². The van der Waals surface area contributed by atoms with Crippen LogP contribution in [0.15, 0.2) is 30.3 Å². The number of anilines is 2. The topological polar surface area (TPSA) is 42.1 Å². The van der Waals surface area contributed by atoms with Crippen molar-refractivity contribution in [1.82, 2.24) is 4.98 Å². The van der Waals surface area contributed by atoms with E-state index in [-0.39, 0.29) is 0 Å². The van der Waals surface area contributed by atoms with Crippen LogP contribution in [0.2, 0.25) is 0 Å². The highest BCUT2D eigenvalue weighted by Crippen LogP contribution is 2.30. The summed E-state index contributed by atoms with van der Waals surface area (Å²) in [5, 5.41) is 0. The minimum atomic E-state index is 0.938. The molecule has 0 radical (unpaired) electrons. The standard InChI is InChI=1S/C18H21N3/c19-16-11-18(20-17-8-4-3-7-15(16)17)21-10-9-13-5-1-2-6-14(13)12-21/h1-2,5-6,11H,3-4,7-10,12H2,(H2,19,20). The van der Waals surface area contributed by atoms with Crippen molar-refractivity contribution in [3.05, 3.63) is 52.7 Å². The van der Waals surface area contributed by atoms with Gasteiger partial charge in [-0.2, -0.15) is 0 Å². The summed E-state index contributed by atoms with van der Waals surface area (Å²) >= 11 is 0. The van der Waals surface area contributed by atoms with Crippen LogP contribution >= 0.6 is 0 Å². The molecular weight excluding hydrogens is 258 g/mol. The van der Waals surface area contributed by atoms with E-state index in [0.717, 1.165) is 43.9 Å². The van der Waals surface area contributed by atoms with Gasteiger partial charge in [0.15, 0.2) is 0 Å². The molecular formula is C18H21N3. The van der Waals surface area contributed by atoms with Gasteiger partial charge in [0, 0.05) is 30.5 Å². The van der Waals surface area contributed by atoms with E-state index in [1.807, 2.05) is 0 Å². The van der Waals surface area contributed by atoms with Crippen LogP contribution < -0.4 is 10.6 Å². The Morgan fingerprint density at radius 3 is 2.71 bits per heavy atom. The van der Waals surface area contributed by atoms with Gasteiger partial charge in [-0.3, -0.25) is 0 Å². The van der Waals surface area contributed by atoms with Crippen molar-refractivity contribution >= 4 is 11.5 Å². The van der Waals surface area contributed by atoms with Gasteiger partial charge in [-0.25, -0.2) is 4.98 Å². The lowest BCUT2D eigenvalue weighted by molar-refractivity contribution is 0.661. The predicted molar refractivity (Wildman–Crippen MR) is 86.5 cm³/mol. The number of hydrogen-bond acceptors (Lipinski definition) is 3. The molecule has 0 saturated heterocycles. The molecule has 3 heteroatoms. The van der Waals surface area contributed by atoms with Crippen molar-refractivity contribution < 1.29 is 0 Å². The number of rotatable bonds is 1. The van der Waals surface area contributed by atoms with E-state index in [1.165, 1.54) is 35.2 Å². The van der Waals surface area contributed by atoms with Gasteiger partial charge < -0.3 is 10.6 Å². The van der Waals surface area contributed by atoms with Crippen LogP contribution in [-0.2, 0) is 25.8 Å². The summed E-state index contributed by atoms with van der Waals surface area (Å²) in [5.74, 6) is 1.06. The number of aromatic nitrogens is 1. The molecule has 2 aromatic rings. The van der Waals surface area contributed by atoms with Crippen molar-refractivity contribution in [3.63, 3.8) is 0 Å². The third-order valence-corrected chi connectivity index (χ3v) is 4.78. The molecule has 0 atom stereocenters. The number of nitrogens with zero attached hydrogens (tertiary/aromatic N) is 2. The van der Waals surface area contributed by atoms with Crippen LogP contribution in [0.5, 0.6) is 0 Å². The van der Waals surface area contributed by atoms with Gasteiger partial charge in [0.1, 0.15) is 5.82 Å². The normalized spacial score (nSPS) is 17.2. The summed E-state index contributed by atoms with van der Waals surface area (Å²) in [7, 11) is 0. The van der Waals surface area contributed by atoms with Gasteiger partial charge in [-0.15, -0.1) is 0 Å². The molecule has 21 heavy (non-hydrogen) atoms. The first kappa shape index (κ1) is 12.7. The molecule has 0 unspecified atom stereocenters. The quantitative estimate of drug-likeness (QED) is 0.872. The minimum Gasteiger partial charge on any atom is -0.398 e. The first-order chi connectivity index (χ1) is 10.3. The van der Waals surface area contributed by atoms with Crippen molar-refractivity contribution in [2.45, 2.75) is 38.6 Å². The van der Waals surface area contributed by atoms with E-state index in [9.17, 15) is 0 Å². The Bertz CT molecular complexity index is 678. The van der Waals surface area contributed by atoms with Gasteiger partial charge in [0.25, 0.3) is 0 Å². The third kappa shape index (κ3) is 2.27. The van der Waals surface area contributed by atoms with E-state index in [4.69, 9.17) is 10.7 Å². The van der Waals surface area contributed by atoms with Crippen LogP contribution in [0.25, 0.3) is 0 Å². The minimum absolute atomic E-state index is 0.938. The second-order valence-corrected chi connectivity index (χ2v) is 6.14. The zero-order chi connectivity index (χ0) is 14.2. The van der Waals surface area contributed by atoms with E-state index < -0.39 is 0 Å². The Kier molecular flexibility index (Phi) is 3.06. The van der Waals surface area contributed by atoms with Crippen molar-refractivity contribution in [3.8, 4) is 0 Å². The number of fused-ring (bicyclic) bond motifs is 2. The number of nitrogen functional groups attached to an aromatic ring is 1. The Morgan fingerprint density at radius 2 is 1.81 bits per heavy atom. The molecule has 0 fully saturated rings. The van der Waals surface area contributed by atoms with Gasteiger partial charge in [-0.1, -0.05) is 24.3 Å². The first-order valence-corrected chi connectivity index (χ1v) is 7.91. The molecule has 1 aliphatic heterocycles. The van der Waals surface area contributed by atoms with Crippen molar-refractivity contribution in [2.24, 2.45) is 0 Å². The fourth-order valence-corrected chi connectivity index (χ4v) is 3.57. The van der Waals surface area contributed by atoms with Gasteiger partial charge in [0.05, 0.1) is 0 Å². The Labute approximate surface area is 125 Å². The maximum atomic E-state index is 6.28. The Morgan fingerprint density at radius 1 is 1.00 bits per heavy atom. The number of aryl methyl sites for hydroxylation is 1. The largest absolute Gasteiger partial charge is 0.398 e. The average molecular weight is 279 g/mol. The molecule has 108 valence electrons. The summed E-state index contributed by atoms with van der Waals surface area (Å²) in [5.41, 5.74) is 12.6. The van der Waals surface area contributed by atoms with E-state index in [1.54, 1.807) is 0 Å². The molecule has 1 aromatic heterocycles. The summed E-state index contributed by atoms with van der Waals surface area (Å²) in [6.45, 7) is 1.98. The first-order valence-electron chi connectivity index (χ1n) is 7.91. The fraction of sp³-hybridized carbons (Fsp3) is 0.389. The van der Waals surface area contributed by atoms with Crippen LogP contribution in [0.3, 0.4) is 0 Å². The molecule has 0 bridgehead atoms. The third-order valence-electron chi connectivity index (χ3n) is 4.78.